The molecule has 1 aliphatic rings. The number of carbonyl (C=O) groups is 1. The van der Waals surface area contributed by atoms with Crippen molar-refractivity contribution < 1.29 is 14.6 Å². The number of carboxylic acids is 1. The van der Waals surface area contributed by atoms with Gasteiger partial charge in [-0.05, 0) is 5.41 Å². The van der Waals surface area contributed by atoms with E-state index in [1.165, 1.54) is 0 Å². The van der Waals surface area contributed by atoms with Crippen molar-refractivity contribution in [3.63, 3.8) is 0 Å². The third-order valence-electron chi connectivity index (χ3n) is 2.85. The number of rotatable bonds is 3. The summed E-state index contributed by atoms with van der Waals surface area (Å²) in [5.41, 5.74) is -0.00424. The van der Waals surface area contributed by atoms with Crippen molar-refractivity contribution in [1.29, 1.82) is 0 Å². The highest BCUT2D eigenvalue weighted by Crippen LogP contribution is 2.27. The third-order valence-corrected chi connectivity index (χ3v) is 2.85. The van der Waals surface area contributed by atoms with Crippen LogP contribution in [0.2, 0.25) is 0 Å². The highest BCUT2D eigenvalue weighted by molar-refractivity contribution is 5.67. The molecule has 88 valence electrons. The molecule has 15 heavy (non-hydrogen) atoms. The van der Waals surface area contributed by atoms with Crippen LogP contribution in [-0.4, -0.2) is 48.3 Å². The van der Waals surface area contributed by atoms with Crippen LogP contribution >= 0.6 is 0 Å². The molecule has 0 amide bonds. The maximum absolute atomic E-state index is 10.8. The van der Waals surface area contributed by atoms with Crippen molar-refractivity contribution in [1.82, 2.24) is 4.90 Å². The molecule has 1 aliphatic heterocycles. The van der Waals surface area contributed by atoms with Crippen LogP contribution < -0.4 is 0 Å². The van der Waals surface area contributed by atoms with Gasteiger partial charge in [0.1, 0.15) is 0 Å². The summed E-state index contributed by atoms with van der Waals surface area (Å²) < 4.78 is 5.28. The Morgan fingerprint density at radius 2 is 1.93 bits per heavy atom. The molecule has 0 spiro atoms. The molecule has 0 aromatic rings. The summed E-state index contributed by atoms with van der Waals surface area (Å²) in [7, 11) is 0. The molecule has 1 saturated heterocycles. The molecule has 0 aromatic carbocycles. The zero-order chi connectivity index (χ0) is 11.5. The van der Waals surface area contributed by atoms with E-state index in [4.69, 9.17) is 9.84 Å². The zero-order valence-corrected chi connectivity index (χ0v) is 9.82. The van der Waals surface area contributed by atoms with Gasteiger partial charge in [0.2, 0.25) is 0 Å². The standard InChI is InChI=1S/C11H21NO3/c1-11(2,3)9(8-10(13)14)12-4-6-15-7-5-12/h9H,4-8H2,1-3H3,(H,13,14). The van der Waals surface area contributed by atoms with Crippen molar-refractivity contribution in [2.75, 3.05) is 26.3 Å². The second kappa shape index (κ2) is 4.94. The van der Waals surface area contributed by atoms with Gasteiger partial charge in [0.25, 0.3) is 0 Å². The van der Waals surface area contributed by atoms with Crippen LogP contribution in [-0.2, 0) is 9.53 Å². The first-order valence-corrected chi connectivity index (χ1v) is 5.45. The maximum Gasteiger partial charge on any atom is 0.304 e. The van der Waals surface area contributed by atoms with Crippen LogP contribution in [0.4, 0.5) is 0 Å². The Balaban J connectivity index is 2.66. The minimum atomic E-state index is -0.721. The number of ether oxygens (including phenoxy) is 1. The lowest BCUT2D eigenvalue weighted by Gasteiger charge is -2.41. The Kier molecular flexibility index (Phi) is 4.11. The van der Waals surface area contributed by atoms with Crippen LogP contribution in [0, 0.1) is 5.41 Å². The molecule has 0 radical (unpaired) electrons. The highest BCUT2D eigenvalue weighted by Gasteiger charge is 2.32. The quantitative estimate of drug-likeness (QED) is 0.768. The van der Waals surface area contributed by atoms with Crippen molar-refractivity contribution in [2.45, 2.75) is 33.2 Å². The largest absolute Gasteiger partial charge is 0.481 e. The second-order valence-electron chi connectivity index (χ2n) is 5.13. The van der Waals surface area contributed by atoms with Crippen LogP contribution in [0.3, 0.4) is 0 Å². The Morgan fingerprint density at radius 1 is 1.40 bits per heavy atom. The molecular formula is C11H21NO3. The van der Waals surface area contributed by atoms with E-state index in [0.29, 0.717) is 13.2 Å². The van der Waals surface area contributed by atoms with Gasteiger partial charge in [-0.2, -0.15) is 0 Å². The van der Waals surface area contributed by atoms with E-state index < -0.39 is 5.97 Å². The highest BCUT2D eigenvalue weighted by atomic mass is 16.5. The van der Waals surface area contributed by atoms with E-state index in [0.717, 1.165) is 13.1 Å². The fraction of sp³-hybridized carbons (Fsp3) is 0.909. The van der Waals surface area contributed by atoms with Crippen LogP contribution in [0.15, 0.2) is 0 Å². The van der Waals surface area contributed by atoms with Crippen molar-refractivity contribution in [3.8, 4) is 0 Å². The average Bonchev–Trinajstić information content (AvgIpc) is 2.14. The van der Waals surface area contributed by atoms with E-state index in [2.05, 4.69) is 25.7 Å². The van der Waals surface area contributed by atoms with Gasteiger partial charge in [-0.15, -0.1) is 0 Å². The molecule has 0 aromatic heterocycles. The molecule has 1 atom stereocenters. The number of aliphatic carboxylic acids is 1. The maximum atomic E-state index is 10.8. The fourth-order valence-corrected chi connectivity index (χ4v) is 2.04. The molecular weight excluding hydrogens is 194 g/mol. The molecule has 0 bridgehead atoms. The summed E-state index contributed by atoms with van der Waals surface area (Å²) >= 11 is 0. The third kappa shape index (κ3) is 3.80. The molecule has 1 rings (SSSR count). The van der Waals surface area contributed by atoms with E-state index in [1.807, 2.05) is 0 Å². The normalized spacial score (nSPS) is 21.3. The fourth-order valence-electron chi connectivity index (χ4n) is 2.04. The van der Waals surface area contributed by atoms with Crippen molar-refractivity contribution >= 4 is 5.97 Å². The average molecular weight is 215 g/mol. The van der Waals surface area contributed by atoms with Gasteiger partial charge in [0.05, 0.1) is 19.6 Å². The van der Waals surface area contributed by atoms with Crippen LogP contribution in [0.25, 0.3) is 0 Å². The first-order chi connectivity index (χ1) is 6.91. The summed E-state index contributed by atoms with van der Waals surface area (Å²) in [6, 6.07) is 0.0962. The number of carboxylic acid groups (broad SMARTS) is 1. The van der Waals surface area contributed by atoms with E-state index >= 15 is 0 Å². The first kappa shape index (κ1) is 12.5. The number of hydrogen-bond donors (Lipinski definition) is 1. The summed E-state index contributed by atoms with van der Waals surface area (Å²) in [6.45, 7) is 9.39. The van der Waals surface area contributed by atoms with Gasteiger partial charge in [-0.3, -0.25) is 9.69 Å². The zero-order valence-electron chi connectivity index (χ0n) is 9.82. The van der Waals surface area contributed by atoms with Crippen LogP contribution in [0.1, 0.15) is 27.2 Å². The predicted molar refractivity (Wildman–Crippen MR) is 57.9 cm³/mol. The molecule has 4 heteroatoms. The lowest BCUT2D eigenvalue weighted by atomic mass is 9.83. The minimum absolute atomic E-state index is 0.00424. The molecule has 0 saturated carbocycles. The van der Waals surface area contributed by atoms with Gasteiger partial charge in [-0.25, -0.2) is 0 Å². The summed E-state index contributed by atoms with van der Waals surface area (Å²) in [4.78, 5) is 13.1. The lowest BCUT2D eigenvalue weighted by Crippen LogP contribution is -2.50. The van der Waals surface area contributed by atoms with Gasteiger partial charge in [0.15, 0.2) is 0 Å². The van der Waals surface area contributed by atoms with Gasteiger partial charge >= 0.3 is 5.97 Å². The Hall–Kier alpha value is -0.610. The van der Waals surface area contributed by atoms with Crippen molar-refractivity contribution in [2.24, 2.45) is 5.41 Å². The second-order valence-corrected chi connectivity index (χ2v) is 5.13. The lowest BCUT2D eigenvalue weighted by molar-refractivity contribution is -0.140. The molecule has 0 aliphatic carbocycles. The minimum Gasteiger partial charge on any atom is -0.481 e. The van der Waals surface area contributed by atoms with E-state index in [1.54, 1.807) is 0 Å². The Bertz CT molecular complexity index is 216. The molecule has 1 heterocycles. The molecule has 1 N–H and O–H groups in total. The van der Waals surface area contributed by atoms with Crippen molar-refractivity contribution in [3.05, 3.63) is 0 Å². The number of nitrogens with zero attached hydrogens (tertiary/aromatic N) is 1. The van der Waals surface area contributed by atoms with Gasteiger partial charge in [-0.1, -0.05) is 20.8 Å². The van der Waals surface area contributed by atoms with Crippen LogP contribution in [0.5, 0.6) is 0 Å². The molecule has 4 nitrogen and oxygen atoms in total. The molecule has 1 fully saturated rings. The Morgan fingerprint density at radius 3 is 2.33 bits per heavy atom. The summed E-state index contributed by atoms with van der Waals surface area (Å²) in [5.74, 6) is -0.721. The monoisotopic (exact) mass is 215 g/mol. The molecule has 1 unspecified atom stereocenters. The topological polar surface area (TPSA) is 49.8 Å². The first-order valence-electron chi connectivity index (χ1n) is 5.45. The van der Waals surface area contributed by atoms with Gasteiger partial charge in [0, 0.05) is 19.1 Å². The number of hydrogen-bond acceptors (Lipinski definition) is 3. The number of morpholine rings is 1. The smallest absolute Gasteiger partial charge is 0.304 e. The van der Waals surface area contributed by atoms with E-state index in [-0.39, 0.29) is 17.9 Å². The summed E-state index contributed by atoms with van der Waals surface area (Å²) in [5, 5.41) is 8.92. The van der Waals surface area contributed by atoms with Gasteiger partial charge < -0.3 is 9.84 Å². The summed E-state index contributed by atoms with van der Waals surface area (Å²) in [6.07, 6.45) is 0.212. The Labute approximate surface area is 91.2 Å². The predicted octanol–water partition coefficient (Wildman–Crippen LogP) is 1.21. The van der Waals surface area contributed by atoms with E-state index in [9.17, 15) is 4.79 Å². The SMILES string of the molecule is CC(C)(C)C(CC(=O)O)N1CCOCC1.